The van der Waals surface area contributed by atoms with E-state index < -0.39 is 5.97 Å². The summed E-state index contributed by atoms with van der Waals surface area (Å²) in [4.78, 5) is 10.9. The number of rotatable bonds is 3. The summed E-state index contributed by atoms with van der Waals surface area (Å²) in [5.74, 6) is -0.754. The van der Waals surface area contributed by atoms with Crippen LogP contribution in [0.4, 0.5) is 0 Å². The molecule has 0 amide bonds. The normalized spacial score (nSPS) is 23.2. The number of carboxylic acid groups (broad SMARTS) is 1. The Morgan fingerprint density at radius 1 is 1.47 bits per heavy atom. The summed E-state index contributed by atoms with van der Waals surface area (Å²) in [6, 6.07) is 6.20. The van der Waals surface area contributed by atoms with Crippen molar-refractivity contribution in [1.29, 1.82) is 0 Å². The number of benzene rings is 1. The van der Waals surface area contributed by atoms with Gasteiger partial charge in [-0.2, -0.15) is 0 Å². The van der Waals surface area contributed by atoms with Gasteiger partial charge in [0.2, 0.25) is 0 Å². The molecular weight excluding hydrogens is 282 g/mol. The van der Waals surface area contributed by atoms with Gasteiger partial charge in [-0.15, -0.1) is 0 Å². The highest BCUT2D eigenvalue weighted by atomic mass is 79.9. The first kappa shape index (κ1) is 12.6. The van der Waals surface area contributed by atoms with Crippen LogP contribution >= 0.6 is 15.9 Å². The van der Waals surface area contributed by atoms with Crippen molar-refractivity contribution in [2.24, 2.45) is 11.1 Å². The van der Waals surface area contributed by atoms with Crippen LogP contribution in [0.1, 0.15) is 24.0 Å². The predicted octanol–water partition coefficient (Wildman–Crippen LogP) is 2.36. The third-order valence-electron chi connectivity index (χ3n) is 3.62. The highest BCUT2D eigenvalue weighted by Gasteiger charge is 2.35. The largest absolute Gasteiger partial charge is 0.481 e. The Morgan fingerprint density at radius 3 is 2.88 bits per heavy atom. The van der Waals surface area contributed by atoms with E-state index in [1.807, 2.05) is 6.07 Å². The van der Waals surface area contributed by atoms with E-state index in [-0.39, 0.29) is 11.8 Å². The maximum absolute atomic E-state index is 10.9. The Morgan fingerprint density at radius 2 is 2.24 bits per heavy atom. The molecule has 1 unspecified atom stereocenters. The van der Waals surface area contributed by atoms with Crippen LogP contribution in [0.3, 0.4) is 0 Å². The Labute approximate surface area is 109 Å². The zero-order valence-corrected chi connectivity index (χ0v) is 11.2. The van der Waals surface area contributed by atoms with Crippen LogP contribution in [0.2, 0.25) is 0 Å². The van der Waals surface area contributed by atoms with Crippen LogP contribution in [0, 0.1) is 5.41 Å². The van der Waals surface area contributed by atoms with Gasteiger partial charge in [0.1, 0.15) is 0 Å². The molecule has 0 saturated heterocycles. The number of halogens is 1. The summed E-state index contributed by atoms with van der Waals surface area (Å²) in [7, 11) is 0. The molecule has 0 radical (unpaired) electrons. The van der Waals surface area contributed by atoms with E-state index >= 15 is 0 Å². The monoisotopic (exact) mass is 297 g/mol. The van der Waals surface area contributed by atoms with Crippen LogP contribution in [-0.2, 0) is 17.6 Å². The standard InChI is InChI=1S/C13H16BrNO2/c14-11-2-1-10-6-13(8-15,7-12(16)17)4-3-9(10)5-11/h1-2,5H,3-4,6-8,15H2,(H,16,17). The fourth-order valence-corrected chi connectivity index (χ4v) is 3.02. The van der Waals surface area contributed by atoms with E-state index in [0.29, 0.717) is 6.54 Å². The van der Waals surface area contributed by atoms with Crippen LogP contribution in [-0.4, -0.2) is 17.6 Å². The fourth-order valence-electron chi connectivity index (χ4n) is 2.61. The summed E-state index contributed by atoms with van der Waals surface area (Å²) in [5, 5.41) is 8.99. The maximum Gasteiger partial charge on any atom is 0.303 e. The molecule has 0 heterocycles. The fraction of sp³-hybridized carbons (Fsp3) is 0.462. The van der Waals surface area contributed by atoms with Crippen LogP contribution in [0.25, 0.3) is 0 Å². The van der Waals surface area contributed by atoms with E-state index in [9.17, 15) is 4.79 Å². The number of carboxylic acids is 1. The summed E-state index contributed by atoms with van der Waals surface area (Å²) >= 11 is 3.46. The van der Waals surface area contributed by atoms with Crippen molar-refractivity contribution < 1.29 is 9.90 Å². The van der Waals surface area contributed by atoms with E-state index in [4.69, 9.17) is 10.8 Å². The Bertz CT molecular complexity index is 447. The number of nitrogens with two attached hydrogens (primary N) is 1. The minimum Gasteiger partial charge on any atom is -0.481 e. The highest BCUT2D eigenvalue weighted by Crippen LogP contribution is 2.38. The van der Waals surface area contributed by atoms with Gasteiger partial charge in [-0.3, -0.25) is 4.79 Å². The molecule has 0 saturated carbocycles. The molecule has 1 aliphatic rings. The molecule has 1 aromatic rings. The minimum atomic E-state index is -0.754. The lowest BCUT2D eigenvalue weighted by atomic mass is 9.69. The molecular formula is C13H16BrNO2. The maximum atomic E-state index is 10.9. The zero-order valence-electron chi connectivity index (χ0n) is 9.58. The average molecular weight is 298 g/mol. The smallest absolute Gasteiger partial charge is 0.303 e. The third-order valence-corrected chi connectivity index (χ3v) is 4.11. The predicted molar refractivity (Wildman–Crippen MR) is 69.9 cm³/mol. The molecule has 1 aliphatic carbocycles. The second-order valence-electron chi connectivity index (χ2n) is 4.86. The Hall–Kier alpha value is -0.870. The number of aliphatic carboxylic acids is 1. The van der Waals surface area contributed by atoms with Crippen molar-refractivity contribution in [3.63, 3.8) is 0 Å². The minimum absolute atomic E-state index is 0.166. The van der Waals surface area contributed by atoms with Crippen LogP contribution in [0.5, 0.6) is 0 Å². The molecule has 1 aromatic carbocycles. The number of hydrogen-bond acceptors (Lipinski definition) is 2. The first-order valence-corrected chi connectivity index (χ1v) is 6.53. The van der Waals surface area contributed by atoms with Crippen molar-refractivity contribution in [1.82, 2.24) is 0 Å². The molecule has 2 rings (SSSR count). The topological polar surface area (TPSA) is 63.3 Å². The molecule has 0 aliphatic heterocycles. The summed E-state index contributed by atoms with van der Waals surface area (Å²) in [5.41, 5.74) is 8.10. The SMILES string of the molecule is NCC1(CC(=O)O)CCc2cc(Br)ccc2C1. The summed E-state index contributed by atoms with van der Waals surface area (Å²) < 4.78 is 1.08. The van der Waals surface area contributed by atoms with Crippen LogP contribution < -0.4 is 5.73 Å². The first-order chi connectivity index (χ1) is 8.04. The van der Waals surface area contributed by atoms with Crippen molar-refractivity contribution in [2.45, 2.75) is 25.7 Å². The molecule has 3 nitrogen and oxygen atoms in total. The van der Waals surface area contributed by atoms with Gasteiger partial charge in [-0.05, 0) is 54.5 Å². The third kappa shape index (κ3) is 2.69. The van der Waals surface area contributed by atoms with Gasteiger partial charge < -0.3 is 10.8 Å². The average Bonchev–Trinajstić information content (AvgIpc) is 2.29. The van der Waals surface area contributed by atoms with E-state index in [1.165, 1.54) is 11.1 Å². The Kier molecular flexibility index (Phi) is 3.54. The molecule has 17 heavy (non-hydrogen) atoms. The van der Waals surface area contributed by atoms with Crippen molar-refractivity contribution in [2.75, 3.05) is 6.54 Å². The van der Waals surface area contributed by atoms with Gasteiger partial charge in [-0.1, -0.05) is 22.0 Å². The quantitative estimate of drug-likeness (QED) is 0.900. The van der Waals surface area contributed by atoms with E-state index in [1.54, 1.807) is 0 Å². The summed E-state index contributed by atoms with van der Waals surface area (Å²) in [6.07, 6.45) is 2.72. The zero-order chi connectivity index (χ0) is 12.5. The van der Waals surface area contributed by atoms with Crippen molar-refractivity contribution in [3.05, 3.63) is 33.8 Å². The molecule has 0 spiro atoms. The van der Waals surface area contributed by atoms with Crippen molar-refractivity contribution >= 4 is 21.9 Å². The number of fused-ring (bicyclic) bond motifs is 1. The molecule has 4 heteroatoms. The molecule has 1 atom stereocenters. The number of carbonyl (C=O) groups is 1. The number of hydrogen-bond donors (Lipinski definition) is 2. The molecule has 92 valence electrons. The van der Waals surface area contributed by atoms with Gasteiger partial charge in [0, 0.05) is 4.47 Å². The second kappa shape index (κ2) is 4.78. The number of aryl methyl sites for hydroxylation is 1. The van der Waals surface area contributed by atoms with Gasteiger partial charge in [0.15, 0.2) is 0 Å². The van der Waals surface area contributed by atoms with E-state index in [0.717, 1.165) is 23.7 Å². The lowest BCUT2D eigenvalue weighted by Gasteiger charge is -2.36. The second-order valence-corrected chi connectivity index (χ2v) is 5.78. The summed E-state index contributed by atoms with van der Waals surface area (Å²) in [6.45, 7) is 0.439. The van der Waals surface area contributed by atoms with Gasteiger partial charge in [0.25, 0.3) is 0 Å². The Balaban J connectivity index is 2.27. The van der Waals surface area contributed by atoms with E-state index in [2.05, 4.69) is 28.1 Å². The van der Waals surface area contributed by atoms with Gasteiger partial charge in [0.05, 0.1) is 6.42 Å². The molecule has 0 bridgehead atoms. The van der Waals surface area contributed by atoms with Crippen molar-refractivity contribution in [3.8, 4) is 0 Å². The highest BCUT2D eigenvalue weighted by molar-refractivity contribution is 9.10. The first-order valence-electron chi connectivity index (χ1n) is 5.74. The van der Waals surface area contributed by atoms with Gasteiger partial charge in [-0.25, -0.2) is 0 Å². The molecule has 0 fully saturated rings. The lowest BCUT2D eigenvalue weighted by Crippen LogP contribution is -2.38. The lowest BCUT2D eigenvalue weighted by molar-refractivity contribution is -0.139. The molecule has 0 aromatic heterocycles. The van der Waals surface area contributed by atoms with Gasteiger partial charge >= 0.3 is 5.97 Å². The van der Waals surface area contributed by atoms with Crippen LogP contribution in [0.15, 0.2) is 22.7 Å². The molecule has 3 N–H and O–H groups in total.